The highest BCUT2D eigenvalue weighted by Gasteiger charge is 2.52. The molecule has 0 spiro atoms. The summed E-state index contributed by atoms with van der Waals surface area (Å²) in [6.07, 6.45) is 4.41. The Morgan fingerprint density at radius 2 is 2.16 bits per heavy atom. The maximum atomic E-state index is 12.0. The van der Waals surface area contributed by atoms with Gasteiger partial charge in [-0.1, -0.05) is 19.4 Å². The van der Waals surface area contributed by atoms with Crippen LogP contribution >= 0.6 is 0 Å². The van der Waals surface area contributed by atoms with E-state index in [0.29, 0.717) is 12.1 Å². The molecule has 5 N–H and O–H groups in total. The number of hydrogen-bond acceptors (Lipinski definition) is 6. The summed E-state index contributed by atoms with van der Waals surface area (Å²) in [4.78, 5) is 34.1. The van der Waals surface area contributed by atoms with Crippen molar-refractivity contribution in [2.45, 2.75) is 42.9 Å². The lowest BCUT2D eigenvalue weighted by Gasteiger charge is -2.30. The Morgan fingerprint density at radius 1 is 1.44 bits per heavy atom. The summed E-state index contributed by atoms with van der Waals surface area (Å²) >= 11 is 0. The van der Waals surface area contributed by atoms with E-state index in [2.05, 4.69) is 21.5 Å². The molecule has 0 bridgehead atoms. The first-order valence-electron chi connectivity index (χ1n) is 8.69. The van der Waals surface area contributed by atoms with Gasteiger partial charge in [0.25, 0.3) is 5.56 Å². The molecule has 1 saturated heterocycles. The largest absolute Gasteiger partial charge is 0.431 e. The maximum Gasteiger partial charge on any atom is 0.280 e. The second kappa shape index (κ2) is 5.79. The molecule has 1 aliphatic carbocycles. The molecule has 8 nitrogen and oxygen atoms in total. The molecule has 2 fully saturated rings. The van der Waals surface area contributed by atoms with Crippen molar-refractivity contribution in [2.75, 3.05) is 12.3 Å². The van der Waals surface area contributed by atoms with E-state index < -0.39 is 8.32 Å². The summed E-state index contributed by atoms with van der Waals surface area (Å²) in [6.45, 7) is 4.19. The molecule has 0 aromatic carbocycles. The maximum absolute atomic E-state index is 12.0. The molecule has 1 aliphatic heterocycles. The molecule has 2 aromatic heterocycles. The highest BCUT2D eigenvalue weighted by molar-refractivity contribution is 6.74. The molecule has 25 heavy (non-hydrogen) atoms. The third-order valence-corrected chi connectivity index (χ3v) is 10.5. The number of aliphatic hydroxyl groups excluding tert-OH is 1. The van der Waals surface area contributed by atoms with Crippen LogP contribution in [0.1, 0.15) is 25.3 Å². The number of fused-ring (bicyclic) bond motifs is 1. The number of aromatic amines is 1. The van der Waals surface area contributed by atoms with Gasteiger partial charge in [-0.15, -0.1) is 0 Å². The first-order valence-corrected chi connectivity index (χ1v) is 11.1. The molecule has 3 heterocycles. The van der Waals surface area contributed by atoms with Crippen LogP contribution in [0.15, 0.2) is 23.3 Å². The molecule has 3 atom stereocenters. The highest BCUT2D eigenvalue weighted by Crippen LogP contribution is 2.54. The standard InChI is InChI=1S/C16H23N5O3Si/c1-9-10(7-22)12(25(24)4-2-3-5-25)6-11(9)21-8-18-13-14(21)19-16(17)20-15(13)23/h8,10-12,22,24H,1-7H2,(H3,17,19,20,23)/t10-,11-,12-/m0/s1. The van der Waals surface area contributed by atoms with Gasteiger partial charge in [-0.2, -0.15) is 4.98 Å². The quantitative estimate of drug-likeness (QED) is 0.475. The third-order valence-electron chi connectivity index (χ3n) is 6.01. The number of rotatable bonds is 3. The normalized spacial score (nSPS) is 28.9. The van der Waals surface area contributed by atoms with Gasteiger partial charge in [0.15, 0.2) is 19.5 Å². The van der Waals surface area contributed by atoms with Crippen LogP contribution < -0.4 is 11.3 Å². The third kappa shape index (κ3) is 2.45. The van der Waals surface area contributed by atoms with Crippen LogP contribution in [0.4, 0.5) is 5.95 Å². The smallest absolute Gasteiger partial charge is 0.280 e. The van der Waals surface area contributed by atoms with Gasteiger partial charge in [0, 0.05) is 12.5 Å². The van der Waals surface area contributed by atoms with Crippen LogP contribution in [0.3, 0.4) is 0 Å². The summed E-state index contributed by atoms with van der Waals surface area (Å²) in [7, 11) is -2.39. The average molecular weight is 361 g/mol. The predicted octanol–water partition coefficient (Wildman–Crippen LogP) is 0.913. The van der Waals surface area contributed by atoms with Gasteiger partial charge in [-0.25, -0.2) is 4.98 Å². The van der Waals surface area contributed by atoms with E-state index in [4.69, 9.17) is 5.73 Å². The van der Waals surface area contributed by atoms with Crippen molar-refractivity contribution in [3.8, 4) is 0 Å². The number of aliphatic hydroxyl groups is 1. The van der Waals surface area contributed by atoms with E-state index in [1.54, 1.807) is 6.33 Å². The number of aromatic nitrogens is 4. The molecule has 1 saturated carbocycles. The van der Waals surface area contributed by atoms with Crippen LogP contribution in [0, 0.1) is 5.92 Å². The van der Waals surface area contributed by atoms with Crippen molar-refractivity contribution >= 4 is 25.4 Å². The Labute approximate surface area is 145 Å². The monoisotopic (exact) mass is 361 g/mol. The molecule has 4 rings (SSSR count). The first-order chi connectivity index (χ1) is 11.9. The second-order valence-corrected chi connectivity index (χ2v) is 11.3. The van der Waals surface area contributed by atoms with E-state index in [0.717, 1.165) is 30.5 Å². The summed E-state index contributed by atoms with van der Waals surface area (Å²) in [6, 6.07) is 1.64. The Kier molecular flexibility index (Phi) is 3.82. The van der Waals surface area contributed by atoms with Crippen LogP contribution in [0.2, 0.25) is 17.6 Å². The number of anilines is 1. The summed E-state index contributed by atoms with van der Waals surface area (Å²) in [5.41, 5.74) is 6.93. The summed E-state index contributed by atoms with van der Waals surface area (Å²) < 4.78 is 1.82. The zero-order chi connectivity index (χ0) is 17.8. The van der Waals surface area contributed by atoms with Crippen LogP contribution in [-0.4, -0.2) is 44.3 Å². The molecule has 2 aliphatic rings. The number of hydrogen-bond donors (Lipinski definition) is 4. The van der Waals surface area contributed by atoms with Crippen LogP contribution in [0.25, 0.3) is 11.2 Å². The van der Waals surface area contributed by atoms with Gasteiger partial charge in [-0.3, -0.25) is 9.78 Å². The minimum absolute atomic E-state index is 0.0158. The number of nitrogen functional groups attached to an aromatic ring is 1. The van der Waals surface area contributed by atoms with E-state index in [1.165, 1.54) is 0 Å². The molecular weight excluding hydrogens is 338 g/mol. The summed E-state index contributed by atoms with van der Waals surface area (Å²) in [5.74, 6) is -0.0709. The minimum Gasteiger partial charge on any atom is -0.431 e. The minimum atomic E-state index is -2.39. The molecule has 0 unspecified atom stereocenters. The van der Waals surface area contributed by atoms with Crippen molar-refractivity contribution in [3.63, 3.8) is 0 Å². The SMILES string of the molecule is C=C1[C@H](CO)[C@@H]([Si]2(O)CCCC2)C[C@@H]1n1cnc2c(=O)[nH]c(N)nc21. The number of imidazole rings is 1. The molecule has 134 valence electrons. The fraction of sp³-hybridized carbons (Fsp3) is 0.562. The molecule has 2 aromatic rings. The van der Waals surface area contributed by atoms with Crippen molar-refractivity contribution in [3.05, 3.63) is 28.8 Å². The van der Waals surface area contributed by atoms with E-state index in [9.17, 15) is 14.7 Å². The van der Waals surface area contributed by atoms with Crippen molar-refractivity contribution < 1.29 is 9.90 Å². The summed E-state index contributed by atoms with van der Waals surface area (Å²) in [5, 5.41) is 9.93. The predicted molar refractivity (Wildman–Crippen MR) is 96.5 cm³/mol. The number of nitrogens with zero attached hydrogens (tertiary/aromatic N) is 3. The number of nitrogens with one attached hydrogen (secondary N) is 1. The lowest BCUT2D eigenvalue weighted by atomic mass is 10.0. The highest BCUT2D eigenvalue weighted by atomic mass is 28.4. The van der Waals surface area contributed by atoms with E-state index in [1.807, 2.05) is 4.57 Å². The Bertz CT molecular complexity index is 886. The average Bonchev–Trinajstić information content (AvgIpc) is 3.25. The first kappa shape index (κ1) is 16.5. The lowest BCUT2D eigenvalue weighted by Crippen LogP contribution is -2.39. The second-order valence-electron chi connectivity index (χ2n) is 7.31. The van der Waals surface area contributed by atoms with E-state index in [-0.39, 0.29) is 41.1 Å². The van der Waals surface area contributed by atoms with Gasteiger partial charge in [0.1, 0.15) is 0 Å². The molecule has 0 radical (unpaired) electrons. The Hall–Kier alpha value is -1.97. The Morgan fingerprint density at radius 3 is 2.84 bits per heavy atom. The van der Waals surface area contributed by atoms with Gasteiger partial charge in [0.2, 0.25) is 5.95 Å². The molecule has 0 amide bonds. The van der Waals surface area contributed by atoms with Crippen LogP contribution in [0.5, 0.6) is 0 Å². The van der Waals surface area contributed by atoms with Gasteiger partial charge in [0.05, 0.1) is 12.4 Å². The molecular formula is C16H23N5O3Si. The number of H-pyrrole nitrogens is 1. The number of nitrogens with two attached hydrogens (primary N) is 1. The van der Waals surface area contributed by atoms with Gasteiger partial charge < -0.3 is 20.2 Å². The van der Waals surface area contributed by atoms with Crippen molar-refractivity contribution in [1.82, 2.24) is 19.5 Å². The topological polar surface area (TPSA) is 130 Å². The van der Waals surface area contributed by atoms with Gasteiger partial charge >= 0.3 is 0 Å². The van der Waals surface area contributed by atoms with E-state index >= 15 is 0 Å². The lowest BCUT2D eigenvalue weighted by molar-refractivity contribution is 0.243. The fourth-order valence-electron chi connectivity index (χ4n) is 4.72. The fourth-order valence-corrected chi connectivity index (χ4v) is 9.17. The van der Waals surface area contributed by atoms with Crippen molar-refractivity contribution in [1.29, 1.82) is 0 Å². The zero-order valence-electron chi connectivity index (χ0n) is 14.0. The molecule has 9 heteroatoms. The van der Waals surface area contributed by atoms with Gasteiger partial charge in [-0.05, 0) is 29.6 Å². The van der Waals surface area contributed by atoms with Crippen LogP contribution in [-0.2, 0) is 0 Å². The zero-order valence-corrected chi connectivity index (χ0v) is 15.0. The van der Waals surface area contributed by atoms with Crippen molar-refractivity contribution in [2.24, 2.45) is 5.92 Å². The Balaban J connectivity index is 1.76.